The van der Waals surface area contributed by atoms with Crippen LogP contribution in [0.4, 0.5) is 0 Å². The molecule has 0 spiro atoms. The van der Waals surface area contributed by atoms with E-state index in [1.165, 1.54) is 43.7 Å². The van der Waals surface area contributed by atoms with Crippen LogP contribution < -0.4 is 0 Å². The lowest BCUT2D eigenvalue weighted by molar-refractivity contribution is 1.08. The van der Waals surface area contributed by atoms with Gasteiger partial charge in [0.05, 0.1) is 11.0 Å². The van der Waals surface area contributed by atoms with E-state index < -0.39 is 0 Å². The van der Waals surface area contributed by atoms with Gasteiger partial charge in [0.1, 0.15) is 0 Å². The monoisotopic (exact) mass is 726 g/mol. The van der Waals surface area contributed by atoms with E-state index in [0.29, 0.717) is 17.5 Å². The summed E-state index contributed by atoms with van der Waals surface area (Å²) in [5.41, 5.74) is 11.1. The molecule has 57 heavy (non-hydrogen) atoms. The van der Waals surface area contributed by atoms with Gasteiger partial charge in [-0.05, 0) is 80.2 Å². The van der Waals surface area contributed by atoms with Gasteiger partial charge in [-0.3, -0.25) is 0 Å². The molecule has 0 atom stereocenters. The van der Waals surface area contributed by atoms with Gasteiger partial charge in [-0.15, -0.1) is 0 Å². The maximum absolute atomic E-state index is 5.06. The van der Waals surface area contributed by atoms with Crippen LogP contribution >= 0.6 is 0 Å². The van der Waals surface area contributed by atoms with E-state index >= 15 is 0 Å². The first-order chi connectivity index (χ1) is 28.2. The van der Waals surface area contributed by atoms with Crippen LogP contribution in [0.1, 0.15) is 0 Å². The molecule has 0 amide bonds. The van der Waals surface area contributed by atoms with Gasteiger partial charge in [-0.2, -0.15) is 0 Å². The van der Waals surface area contributed by atoms with E-state index in [1.54, 1.807) is 0 Å². The molecule has 0 unspecified atom stereocenters. The average molecular weight is 727 g/mol. The predicted molar refractivity (Wildman–Crippen MR) is 236 cm³/mol. The Balaban J connectivity index is 0.964. The predicted octanol–water partition coefficient (Wildman–Crippen LogP) is 13.6. The number of nitrogens with zero attached hydrogens (tertiary/aromatic N) is 4. The zero-order valence-electron chi connectivity index (χ0n) is 30.9. The molecule has 0 aliphatic carbocycles. The summed E-state index contributed by atoms with van der Waals surface area (Å²) in [7, 11) is 0. The second-order valence-electron chi connectivity index (χ2n) is 14.5. The molecule has 2 heterocycles. The summed E-state index contributed by atoms with van der Waals surface area (Å²) >= 11 is 0. The number of fused-ring (bicyclic) bond motifs is 5. The Kier molecular flexibility index (Phi) is 7.78. The van der Waals surface area contributed by atoms with Crippen molar-refractivity contribution in [3.63, 3.8) is 0 Å². The number of rotatable bonds is 6. The highest BCUT2D eigenvalue weighted by Crippen LogP contribution is 2.39. The van der Waals surface area contributed by atoms with E-state index in [9.17, 15) is 0 Å². The van der Waals surface area contributed by atoms with Crippen LogP contribution in [-0.4, -0.2) is 19.5 Å². The lowest BCUT2D eigenvalue weighted by Crippen LogP contribution is -2.00. The van der Waals surface area contributed by atoms with Gasteiger partial charge in [-0.25, -0.2) is 15.0 Å². The fourth-order valence-corrected chi connectivity index (χ4v) is 8.19. The first kappa shape index (κ1) is 32.7. The van der Waals surface area contributed by atoms with Crippen LogP contribution in [0.3, 0.4) is 0 Å². The molecule has 0 bridgehead atoms. The third-order valence-electron chi connectivity index (χ3n) is 11.0. The Morgan fingerprint density at radius 1 is 0.298 bits per heavy atom. The van der Waals surface area contributed by atoms with Crippen molar-refractivity contribution in [1.29, 1.82) is 0 Å². The van der Waals surface area contributed by atoms with Gasteiger partial charge in [0.25, 0.3) is 0 Å². The average Bonchev–Trinajstić information content (AvgIpc) is 3.63. The van der Waals surface area contributed by atoms with Crippen LogP contribution in [0.15, 0.2) is 206 Å². The third-order valence-corrected chi connectivity index (χ3v) is 11.0. The van der Waals surface area contributed by atoms with Crippen LogP contribution in [0, 0.1) is 0 Å². The highest BCUT2D eigenvalue weighted by atomic mass is 15.0. The molecular weight excluding hydrogens is 693 g/mol. The molecule has 9 aromatic carbocycles. The van der Waals surface area contributed by atoms with Gasteiger partial charge in [0.2, 0.25) is 0 Å². The molecule has 4 nitrogen and oxygen atoms in total. The lowest BCUT2D eigenvalue weighted by atomic mass is 9.99. The smallest absolute Gasteiger partial charge is 0.164 e. The van der Waals surface area contributed by atoms with E-state index in [0.717, 1.165) is 44.3 Å². The molecule has 0 saturated heterocycles. The summed E-state index contributed by atoms with van der Waals surface area (Å²) in [5.74, 6) is 1.93. The summed E-state index contributed by atoms with van der Waals surface area (Å²) in [4.78, 5) is 15.2. The largest absolute Gasteiger partial charge is 0.309 e. The zero-order valence-corrected chi connectivity index (χ0v) is 30.9. The normalized spacial score (nSPS) is 11.5. The standard InChI is InChI=1S/C53H34N4/c1-2-13-39(14-3-1)46-18-10-20-49-50(46)47-17-8-9-19-48(47)57(49)45-31-29-38(30-32-45)37-21-25-40(26-22-37)51-54-52(43-27-23-35-11-4-6-15-41(35)33-43)56-53(55-51)44-28-24-36-12-5-7-16-42(36)34-44/h1-34H. The van der Waals surface area contributed by atoms with E-state index in [1.807, 2.05) is 0 Å². The first-order valence-corrected chi connectivity index (χ1v) is 19.3. The topological polar surface area (TPSA) is 43.6 Å². The lowest BCUT2D eigenvalue weighted by Gasteiger charge is -2.11. The van der Waals surface area contributed by atoms with Crippen molar-refractivity contribution in [2.45, 2.75) is 0 Å². The summed E-state index contributed by atoms with van der Waals surface area (Å²) in [6.45, 7) is 0. The van der Waals surface area contributed by atoms with Crippen molar-refractivity contribution in [2.24, 2.45) is 0 Å². The number of benzene rings is 9. The first-order valence-electron chi connectivity index (χ1n) is 19.3. The van der Waals surface area contributed by atoms with Gasteiger partial charge < -0.3 is 4.57 Å². The number of hydrogen-bond donors (Lipinski definition) is 0. The Bertz CT molecular complexity index is 3180. The van der Waals surface area contributed by atoms with Gasteiger partial charge in [0, 0.05) is 33.2 Å². The van der Waals surface area contributed by atoms with E-state index in [2.05, 4.69) is 211 Å². The van der Waals surface area contributed by atoms with Crippen molar-refractivity contribution in [2.75, 3.05) is 0 Å². The molecule has 0 saturated carbocycles. The number of aromatic nitrogens is 4. The van der Waals surface area contributed by atoms with Gasteiger partial charge >= 0.3 is 0 Å². The fourth-order valence-electron chi connectivity index (χ4n) is 8.19. The van der Waals surface area contributed by atoms with E-state index in [-0.39, 0.29) is 0 Å². The molecule has 0 N–H and O–H groups in total. The van der Waals surface area contributed by atoms with Crippen LogP contribution in [0.25, 0.3) is 105 Å². The summed E-state index contributed by atoms with van der Waals surface area (Å²) in [6, 6.07) is 72.9. The summed E-state index contributed by atoms with van der Waals surface area (Å²) in [6.07, 6.45) is 0. The van der Waals surface area contributed by atoms with Crippen LogP contribution in [0.2, 0.25) is 0 Å². The second-order valence-corrected chi connectivity index (χ2v) is 14.5. The van der Waals surface area contributed by atoms with Gasteiger partial charge in [0.15, 0.2) is 17.5 Å². The molecule has 0 radical (unpaired) electrons. The van der Waals surface area contributed by atoms with Crippen LogP contribution in [0.5, 0.6) is 0 Å². The molecule has 11 rings (SSSR count). The number of para-hydroxylation sites is 1. The number of hydrogen-bond acceptors (Lipinski definition) is 3. The zero-order chi connectivity index (χ0) is 37.7. The summed E-state index contributed by atoms with van der Waals surface area (Å²) in [5, 5.41) is 7.18. The highest BCUT2D eigenvalue weighted by molar-refractivity contribution is 6.15. The van der Waals surface area contributed by atoms with Crippen molar-refractivity contribution in [1.82, 2.24) is 19.5 Å². The molecule has 11 aromatic rings. The minimum Gasteiger partial charge on any atom is -0.309 e. The molecule has 0 aliphatic rings. The Hall–Kier alpha value is -7.69. The Morgan fingerprint density at radius 2 is 0.772 bits per heavy atom. The maximum Gasteiger partial charge on any atom is 0.164 e. The Labute approximate surface area is 330 Å². The minimum atomic E-state index is 0.638. The molecule has 0 aliphatic heterocycles. The molecule has 0 fully saturated rings. The third kappa shape index (κ3) is 5.83. The van der Waals surface area contributed by atoms with Gasteiger partial charge in [-0.1, -0.05) is 170 Å². The Morgan fingerprint density at radius 3 is 1.40 bits per heavy atom. The molecule has 4 heteroatoms. The van der Waals surface area contributed by atoms with Crippen molar-refractivity contribution in [3.05, 3.63) is 206 Å². The van der Waals surface area contributed by atoms with Crippen LogP contribution in [-0.2, 0) is 0 Å². The highest BCUT2D eigenvalue weighted by Gasteiger charge is 2.17. The fraction of sp³-hybridized carbons (Fsp3) is 0. The van der Waals surface area contributed by atoms with Crippen molar-refractivity contribution in [3.8, 4) is 62.1 Å². The maximum atomic E-state index is 5.06. The van der Waals surface area contributed by atoms with E-state index in [4.69, 9.17) is 15.0 Å². The quantitative estimate of drug-likeness (QED) is 0.171. The second kappa shape index (κ2) is 13.6. The summed E-state index contributed by atoms with van der Waals surface area (Å²) < 4.78 is 2.38. The minimum absolute atomic E-state index is 0.638. The van der Waals surface area contributed by atoms with Crippen molar-refractivity contribution < 1.29 is 0 Å². The molecular formula is C53H34N4. The van der Waals surface area contributed by atoms with Crippen molar-refractivity contribution >= 4 is 43.4 Å². The molecule has 2 aromatic heterocycles. The SMILES string of the molecule is c1ccc(-c2cccc3c2c2ccccc2n3-c2ccc(-c3ccc(-c4nc(-c5ccc6ccccc6c5)nc(-c5ccc6ccccc6c5)n4)cc3)cc2)cc1. The molecule has 266 valence electrons.